The highest BCUT2D eigenvalue weighted by Gasteiger charge is 2.20. The van der Waals surface area contributed by atoms with Gasteiger partial charge in [-0.3, -0.25) is 0 Å². The van der Waals surface area contributed by atoms with E-state index in [-0.39, 0.29) is 0 Å². The Morgan fingerprint density at radius 2 is 0.947 bits per heavy atom. The summed E-state index contributed by atoms with van der Waals surface area (Å²) in [5.41, 5.74) is 8.91. The van der Waals surface area contributed by atoms with Crippen LogP contribution in [0.1, 0.15) is 0 Å². The van der Waals surface area contributed by atoms with E-state index in [1.807, 2.05) is 54.6 Å². The van der Waals surface area contributed by atoms with Crippen LogP contribution < -0.4 is 0 Å². The maximum absolute atomic E-state index is 6.51. The van der Waals surface area contributed by atoms with E-state index in [1.54, 1.807) is 11.3 Å². The van der Waals surface area contributed by atoms with Gasteiger partial charge in [0.05, 0.1) is 5.39 Å². The fraction of sp³-hybridized carbons (Fsp3) is 0. The van der Waals surface area contributed by atoms with Crippen molar-refractivity contribution in [1.29, 1.82) is 0 Å². The number of hydrogen-bond acceptors (Lipinski definition) is 7. The van der Waals surface area contributed by atoms with Gasteiger partial charge >= 0.3 is 0 Å². The molecule has 0 aliphatic heterocycles. The monoisotopic (exact) mass is 748 g/mol. The number of rotatable bonds is 5. The predicted octanol–water partition coefficient (Wildman–Crippen LogP) is 13.8. The minimum absolute atomic E-state index is 0.573. The van der Waals surface area contributed by atoms with E-state index in [2.05, 4.69) is 115 Å². The number of nitrogens with zero attached hydrogens (tertiary/aromatic N) is 4. The molecule has 7 heteroatoms. The minimum atomic E-state index is 0.573. The standard InChI is InChI=1S/C50H28N4O2S/c1-3-9-29(10-4-1)30-15-18-32(19-16-30)47-52-48(54-49(53-47)35-21-23-37-36-13-7-8-14-42(36)57-43(37)28-35)34-20-17-31-22-25-40-44(38(31)27-34)45-41(55-40)26-24-39-46(45)56-50(51-39)33-11-5-2-6-12-33/h1-28H. The average molecular weight is 749 g/mol. The molecular weight excluding hydrogens is 721 g/mol. The quantitative estimate of drug-likeness (QED) is 0.174. The van der Waals surface area contributed by atoms with Crippen LogP contribution in [0.25, 0.3) is 121 Å². The molecule has 0 unspecified atom stereocenters. The van der Waals surface area contributed by atoms with Gasteiger partial charge in [0.25, 0.3) is 0 Å². The Bertz CT molecular complexity index is 3520. The summed E-state index contributed by atoms with van der Waals surface area (Å²) < 4.78 is 15.4. The second-order valence-corrected chi connectivity index (χ2v) is 15.3. The smallest absolute Gasteiger partial charge is 0.227 e. The van der Waals surface area contributed by atoms with Gasteiger partial charge in [-0.25, -0.2) is 19.9 Å². The molecule has 6 nitrogen and oxygen atoms in total. The van der Waals surface area contributed by atoms with Crippen molar-refractivity contribution in [3.05, 3.63) is 170 Å². The molecular formula is C50H28N4O2S. The number of benzene rings is 8. The zero-order valence-corrected chi connectivity index (χ0v) is 31.0. The lowest BCUT2D eigenvalue weighted by atomic mass is 10.0. The van der Waals surface area contributed by atoms with Gasteiger partial charge in [0.15, 0.2) is 23.1 Å². The van der Waals surface area contributed by atoms with Gasteiger partial charge in [0, 0.05) is 47.8 Å². The maximum Gasteiger partial charge on any atom is 0.227 e. The van der Waals surface area contributed by atoms with E-state index in [4.69, 9.17) is 28.8 Å². The Hall–Kier alpha value is -7.48. The van der Waals surface area contributed by atoms with Crippen LogP contribution in [0.4, 0.5) is 0 Å². The molecule has 4 aromatic heterocycles. The molecule has 0 fully saturated rings. The van der Waals surface area contributed by atoms with E-state index in [0.29, 0.717) is 28.9 Å². The van der Waals surface area contributed by atoms with E-state index < -0.39 is 0 Å². The Kier molecular flexibility index (Phi) is 7.00. The van der Waals surface area contributed by atoms with E-state index >= 15 is 0 Å². The molecule has 0 radical (unpaired) electrons. The molecule has 12 aromatic rings. The van der Waals surface area contributed by atoms with Gasteiger partial charge in [0.1, 0.15) is 16.7 Å². The summed E-state index contributed by atoms with van der Waals surface area (Å²) in [7, 11) is 0. The summed E-state index contributed by atoms with van der Waals surface area (Å²) in [4.78, 5) is 20.3. The number of fused-ring (bicyclic) bond motifs is 10. The topological polar surface area (TPSA) is 77.8 Å². The van der Waals surface area contributed by atoms with Crippen LogP contribution in [0, 0.1) is 0 Å². The molecule has 57 heavy (non-hydrogen) atoms. The highest BCUT2D eigenvalue weighted by atomic mass is 32.1. The Labute approximate surface area is 329 Å². The fourth-order valence-corrected chi connectivity index (χ4v) is 9.12. The third kappa shape index (κ3) is 5.24. The Balaban J connectivity index is 1.05. The molecule has 0 saturated heterocycles. The molecule has 4 heterocycles. The van der Waals surface area contributed by atoms with Crippen LogP contribution in [0.15, 0.2) is 179 Å². The maximum atomic E-state index is 6.51. The molecule has 8 aromatic carbocycles. The van der Waals surface area contributed by atoms with Crippen molar-refractivity contribution in [2.45, 2.75) is 0 Å². The number of furan rings is 1. The summed E-state index contributed by atoms with van der Waals surface area (Å²) in [5.74, 6) is 2.38. The second kappa shape index (κ2) is 12.5. The minimum Gasteiger partial charge on any atom is -0.456 e. The lowest BCUT2D eigenvalue weighted by Gasteiger charge is -2.10. The Morgan fingerprint density at radius 3 is 1.75 bits per heavy atom. The first-order chi connectivity index (χ1) is 28.2. The number of thiophene rings is 1. The first-order valence-electron chi connectivity index (χ1n) is 18.8. The van der Waals surface area contributed by atoms with Gasteiger partial charge in [0.2, 0.25) is 5.89 Å². The molecule has 0 N–H and O–H groups in total. The van der Waals surface area contributed by atoms with Crippen LogP contribution in [0.5, 0.6) is 0 Å². The van der Waals surface area contributed by atoms with Crippen molar-refractivity contribution < 1.29 is 8.83 Å². The van der Waals surface area contributed by atoms with Gasteiger partial charge in [-0.2, -0.15) is 0 Å². The van der Waals surface area contributed by atoms with Crippen molar-refractivity contribution >= 4 is 75.3 Å². The molecule has 0 bridgehead atoms. The number of hydrogen-bond donors (Lipinski definition) is 0. The normalized spacial score (nSPS) is 11.9. The lowest BCUT2D eigenvalue weighted by molar-refractivity contribution is 0.622. The van der Waals surface area contributed by atoms with Crippen molar-refractivity contribution in [2.75, 3.05) is 0 Å². The van der Waals surface area contributed by atoms with Gasteiger partial charge in [-0.15, -0.1) is 11.3 Å². The third-order valence-electron chi connectivity index (χ3n) is 10.8. The van der Waals surface area contributed by atoms with E-state index in [1.165, 1.54) is 20.2 Å². The zero-order valence-electron chi connectivity index (χ0n) is 30.2. The summed E-state index contributed by atoms with van der Waals surface area (Å²) in [6, 6.07) is 58.3. The van der Waals surface area contributed by atoms with Gasteiger partial charge < -0.3 is 8.83 Å². The van der Waals surface area contributed by atoms with Crippen molar-refractivity contribution in [1.82, 2.24) is 19.9 Å². The molecule has 0 amide bonds. The van der Waals surface area contributed by atoms with Gasteiger partial charge in [-0.05, 0) is 70.4 Å². The SMILES string of the molecule is c1ccc(-c2ccc(-c3nc(-c4ccc5c(c4)sc4ccccc45)nc(-c4ccc5ccc6oc7ccc8nc(-c9ccccc9)oc8c7c6c5c4)n3)cc2)cc1. The number of oxazole rings is 1. The molecule has 12 rings (SSSR count). The average Bonchev–Trinajstić information content (AvgIpc) is 4.00. The van der Waals surface area contributed by atoms with Crippen LogP contribution in [0.2, 0.25) is 0 Å². The largest absolute Gasteiger partial charge is 0.456 e. The van der Waals surface area contributed by atoms with Crippen LogP contribution in [0.3, 0.4) is 0 Å². The molecule has 0 aliphatic rings. The fourth-order valence-electron chi connectivity index (χ4n) is 7.97. The van der Waals surface area contributed by atoms with Crippen LogP contribution >= 0.6 is 11.3 Å². The number of aromatic nitrogens is 4. The van der Waals surface area contributed by atoms with E-state index in [0.717, 1.165) is 71.6 Å². The lowest BCUT2D eigenvalue weighted by Crippen LogP contribution is -2.00. The first kappa shape index (κ1) is 31.8. The Morgan fingerprint density at radius 1 is 0.368 bits per heavy atom. The summed E-state index contributed by atoms with van der Waals surface area (Å²) in [6.07, 6.45) is 0. The van der Waals surface area contributed by atoms with Crippen LogP contribution in [-0.4, -0.2) is 19.9 Å². The van der Waals surface area contributed by atoms with Crippen molar-refractivity contribution in [3.8, 4) is 56.7 Å². The second-order valence-electron chi connectivity index (χ2n) is 14.2. The molecule has 0 spiro atoms. The molecule has 266 valence electrons. The summed E-state index contributed by atoms with van der Waals surface area (Å²) in [6.45, 7) is 0. The van der Waals surface area contributed by atoms with E-state index in [9.17, 15) is 0 Å². The summed E-state index contributed by atoms with van der Waals surface area (Å²) >= 11 is 1.78. The molecule has 0 saturated carbocycles. The van der Waals surface area contributed by atoms with Gasteiger partial charge in [-0.1, -0.05) is 121 Å². The van der Waals surface area contributed by atoms with Crippen molar-refractivity contribution in [2.24, 2.45) is 0 Å². The molecule has 0 atom stereocenters. The highest BCUT2D eigenvalue weighted by molar-refractivity contribution is 7.25. The van der Waals surface area contributed by atoms with Crippen LogP contribution in [-0.2, 0) is 0 Å². The third-order valence-corrected chi connectivity index (χ3v) is 11.9. The first-order valence-corrected chi connectivity index (χ1v) is 19.6. The highest BCUT2D eigenvalue weighted by Crippen LogP contribution is 2.42. The van der Waals surface area contributed by atoms with Crippen molar-refractivity contribution in [3.63, 3.8) is 0 Å². The summed E-state index contributed by atoms with van der Waals surface area (Å²) in [5, 5.41) is 6.42. The predicted molar refractivity (Wildman–Crippen MR) is 232 cm³/mol. The zero-order chi connectivity index (χ0) is 37.5. The molecule has 0 aliphatic carbocycles.